The molecule has 0 saturated carbocycles. The highest BCUT2D eigenvalue weighted by molar-refractivity contribution is 5.42. The van der Waals surface area contributed by atoms with Crippen molar-refractivity contribution in [3.63, 3.8) is 0 Å². The van der Waals surface area contributed by atoms with Gasteiger partial charge in [0.1, 0.15) is 5.82 Å². The van der Waals surface area contributed by atoms with Crippen LogP contribution in [-0.4, -0.2) is 31.6 Å². The van der Waals surface area contributed by atoms with E-state index in [-0.39, 0.29) is 5.82 Å². The summed E-state index contributed by atoms with van der Waals surface area (Å²) in [6.07, 6.45) is 0. The quantitative estimate of drug-likeness (QED) is 0.776. The minimum Gasteiger partial charge on any atom is -0.384 e. The first-order chi connectivity index (χ1) is 6.72. The van der Waals surface area contributed by atoms with Crippen molar-refractivity contribution in [2.24, 2.45) is 0 Å². The zero-order valence-electron chi connectivity index (χ0n) is 8.76. The van der Waals surface area contributed by atoms with Gasteiger partial charge in [-0.15, -0.1) is 0 Å². The van der Waals surface area contributed by atoms with Crippen molar-refractivity contribution in [1.82, 2.24) is 4.90 Å². The molecule has 0 aliphatic heterocycles. The molecule has 0 spiro atoms. The van der Waals surface area contributed by atoms with Crippen molar-refractivity contribution in [3.05, 3.63) is 30.1 Å². The third-order valence-electron chi connectivity index (χ3n) is 2.21. The Morgan fingerprint density at radius 1 is 1.29 bits per heavy atom. The van der Waals surface area contributed by atoms with Crippen molar-refractivity contribution in [3.8, 4) is 0 Å². The summed E-state index contributed by atoms with van der Waals surface area (Å²) in [6, 6.07) is 6.43. The fourth-order valence-electron chi connectivity index (χ4n) is 1.12. The van der Waals surface area contributed by atoms with Crippen LogP contribution in [0.1, 0.15) is 6.92 Å². The Hall–Kier alpha value is -1.09. The zero-order valence-corrected chi connectivity index (χ0v) is 8.76. The molecule has 0 radical (unpaired) electrons. The van der Waals surface area contributed by atoms with Crippen molar-refractivity contribution >= 4 is 5.69 Å². The van der Waals surface area contributed by atoms with E-state index in [9.17, 15) is 4.39 Å². The predicted molar refractivity (Wildman–Crippen MR) is 58.1 cm³/mol. The second-order valence-corrected chi connectivity index (χ2v) is 3.33. The van der Waals surface area contributed by atoms with E-state index >= 15 is 0 Å². The van der Waals surface area contributed by atoms with Crippen molar-refractivity contribution in [2.75, 3.05) is 32.0 Å². The highest BCUT2D eigenvalue weighted by Gasteiger charge is 1.95. The first-order valence-corrected chi connectivity index (χ1v) is 4.90. The van der Waals surface area contributed by atoms with Gasteiger partial charge in [-0.1, -0.05) is 6.92 Å². The molecular formula is C11H17FN2. The van der Waals surface area contributed by atoms with Crippen LogP contribution in [0.3, 0.4) is 0 Å². The van der Waals surface area contributed by atoms with E-state index in [1.165, 1.54) is 12.1 Å². The van der Waals surface area contributed by atoms with Gasteiger partial charge >= 0.3 is 0 Å². The van der Waals surface area contributed by atoms with Gasteiger partial charge in [0.2, 0.25) is 0 Å². The lowest BCUT2D eigenvalue weighted by Gasteiger charge is -2.14. The fourth-order valence-corrected chi connectivity index (χ4v) is 1.12. The van der Waals surface area contributed by atoms with E-state index < -0.39 is 0 Å². The summed E-state index contributed by atoms with van der Waals surface area (Å²) in [6.45, 7) is 5.05. The summed E-state index contributed by atoms with van der Waals surface area (Å²) in [5.41, 5.74) is 0.968. The molecule has 0 aliphatic rings. The molecule has 3 heteroatoms. The third-order valence-corrected chi connectivity index (χ3v) is 2.21. The molecular weight excluding hydrogens is 179 g/mol. The van der Waals surface area contributed by atoms with E-state index in [1.54, 1.807) is 12.1 Å². The molecule has 0 heterocycles. The van der Waals surface area contributed by atoms with Crippen LogP contribution in [0.2, 0.25) is 0 Å². The largest absolute Gasteiger partial charge is 0.384 e. The van der Waals surface area contributed by atoms with Gasteiger partial charge in [-0.2, -0.15) is 0 Å². The number of nitrogens with one attached hydrogen (secondary N) is 1. The van der Waals surface area contributed by atoms with E-state index in [2.05, 4.69) is 24.2 Å². The van der Waals surface area contributed by atoms with E-state index in [0.29, 0.717) is 0 Å². The SMILES string of the molecule is CCN(C)CCNc1ccc(F)cc1. The van der Waals surface area contributed by atoms with Crippen molar-refractivity contribution < 1.29 is 4.39 Å². The van der Waals surface area contributed by atoms with Crippen LogP contribution in [0.15, 0.2) is 24.3 Å². The first kappa shape index (κ1) is 11.0. The second kappa shape index (κ2) is 5.60. The van der Waals surface area contributed by atoms with Gasteiger partial charge in [-0.05, 0) is 37.9 Å². The molecule has 0 fully saturated rings. The van der Waals surface area contributed by atoms with E-state index in [1.807, 2.05) is 0 Å². The molecule has 0 aliphatic carbocycles. The van der Waals surface area contributed by atoms with Gasteiger partial charge in [0.25, 0.3) is 0 Å². The molecule has 2 nitrogen and oxygen atoms in total. The second-order valence-electron chi connectivity index (χ2n) is 3.33. The van der Waals surface area contributed by atoms with Gasteiger partial charge in [0, 0.05) is 18.8 Å². The molecule has 78 valence electrons. The first-order valence-electron chi connectivity index (χ1n) is 4.90. The number of halogens is 1. The summed E-state index contributed by atoms with van der Waals surface area (Å²) >= 11 is 0. The maximum atomic E-state index is 12.6. The third kappa shape index (κ3) is 3.75. The van der Waals surface area contributed by atoms with E-state index in [4.69, 9.17) is 0 Å². The normalized spacial score (nSPS) is 10.6. The monoisotopic (exact) mass is 196 g/mol. The lowest BCUT2D eigenvalue weighted by molar-refractivity contribution is 0.367. The fraction of sp³-hybridized carbons (Fsp3) is 0.455. The Morgan fingerprint density at radius 2 is 1.93 bits per heavy atom. The Kier molecular flexibility index (Phi) is 4.40. The molecule has 0 saturated heterocycles. The molecule has 1 N–H and O–H groups in total. The topological polar surface area (TPSA) is 15.3 Å². The number of likely N-dealkylation sites (N-methyl/N-ethyl adjacent to an activating group) is 1. The van der Waals surface area contributed by atoms with Crippen LogP contribution in [0.25, 0.3) is 0 Å². The number of anilines is 1. The van der Waals surface area contributed by atoms with Gasteiger partial charge in [-0.25, -0.2) is 4.39 Å². The van der Waals surface area contributed by atoms with Crippen LogP contribution in [0.5, 0.6) is 0 Å². The number of rotatable bonds is 5. The molecule has 0 unspecified atom stereocenters. The lowest BCUT2D eigenvalue weighted by atomic mass is 10.3. The minimum atomic E-state index is -0.193. The zero-order chi connectivity index (χ0) is 10.4. The summed E-state index contributed by atoms with van der Waals surface area (Å²) < 4.78 is 12.6. The summed E-state index contributed by atoms with van der Waals surface area (Å²) in [5.74, 6) is -0.193. The van der Waals surface area contributed by atoms with Gasteiger partial charge in [0.05, 0.1) is 0 Å². The summed E-state index contributed by atoms with van der Waals surface area (Å²) in [7, 11) is 2.08. The van der Waals surface area contributed by atoms with Crippen LogP contribution >= 0.6 is 0 Å². The van der Waals surface area contributed by atoms with Crippen LogP contribution in [0, 0.1) is 5.82 Å². The number of nitrogens with zero attached hydrogens (tertiary/aromatic N) is 1. The average Bonchev–Trinajstić information content (AvgIpc) is 2.21. The highest BCUT2D eigenvalue weighted by atomic mass is 19.1. The van der Waals surface area contributed by atoms with Gasteiger partial charge < -0.3 is 10.2 Å². The maximum Gasteiger partial charge on any atom is 0.123 e. The van der Waals surface area contributed by atoms with Crippen LogP contribution in [-0.2, 0) is 0 Å². The van der Waals surface area contributed by atoms with Crippen LogP contribution in [0.4, 0.5) is 10.1 Å². The Balaban J connectivity index is 2.28. The summed E-state index contributed by atoms with van der Waals surface area (Å²) in [5, 5.41) is 3.23. The molecule has 1 rings (SSSR count). The Bertz CT molecular complexity index is 258. The van der Waals surface area contributed by atoms with Gasteiger partial charge in [0.15, 0.2) is 0 Å². The van der Waals surface area contributed by atoms with Crippen LogP contribution < -0.4 is 5.32 Å². The smallest absolute Gasteiger partial charge is 0.123 e. The molecule has 0 amide bonds. The molecule has 0 aromatic heterocycles. The average molecular weight is 196 g/mol. The van der Waals surface area contributed by atoms with Crippen molar-refractivity contribution in [2.45, 2.75) is 6.92 Å². The molecule has 0 bridgehead atoms. The number of benzene rings is 1. The Morgan fingerprint density at radius 3 is 2.50 bits per heavy atom. The van der Waals surface area contributed by atoms with E-state index in [0.717, 1.165) is 25.3 Å². The standard InChI is InChI=1S/C11H17FN2/c1-3-14(2)9-8-13-11-6-4-10(12)5-7-11/h4-7,13H,3,8-9H2,1-2H3. The number of hydrogen-bond donors (Lipinski definition) is 1. The number of hydrogen-bond acceptors (Lipinski definition) is 2. The molecule has 1 aromatic carbocycles. The minimum absolute atomic E-state index is 0.193. The maximum absolute atomic E-state index is 12.6. The predicted octanol–water partition coefficient (Wildman–Crippen LogP) is 2.19. The lowest BCUT2D eigenvalue weighted by Crippen LogP contribution is -2.24. The molecule has 0 atom stereocenters. The van der Waals surface area contributed by atoms with Crippen molar-refractivity contribution in [1.29, 1.82) is 0 Å². The highest BCUT2D eigenvalue weighted by Crippen LogP contribution is 2.07. The molecule has 14 heavy (non-hydrogen) atoms. The molecule has 1 aromatic rings. The summed E-state index contributed by atoms with van der Waals surface area (Å²) in [4.78, 5) is 2.22. The Labute approximate surface area is 84.7 Å². The van der Waals surface area contributed by atoms with Gasteiger partial charge in [-0.3, -0.25) is 0 Å².